The highest BCUT2D eigenvalue weighted by molar-refractivity contribution is 4.80. The van der Waals surface area contributed by atoms with Gasteiger partial charge in [-0.05, 0) is 42.9 Å². The summed E-state index contributed by atoms with van der Waals surface area (Å²) in [6, 6.07) is 0. The lowest BCUT2D eigenvalue weighted by atomic mass is 9.69. The van der Waals surface area contributed by atoms with Gasteiger partial charge in [0.2, 0.25) is 0 Å². The normalized spacial score (nSPS) is 35.3. The van der Waals surface area contributed by atoms with Crippen molar-refractivity contribution in [2.45, 2.75) is 59.8 Å². The molecule has 0 amide bonds. The summed E-state index contributed by atoms with van der Waals surface area (Å²) in [5.74, 6) is 4.01. The van der Waals surface area contributed by atoms with Gasteiger partial charge in [-0.25, -0.2) is 0 Å². The summed E-state index contributed by atoms with van der Waals surface area (Å²) in [7, 11) is 0. The van der Waals surface area contributed by atoms with Crippen LogP contribution < -0.4 is 0 Å². The molecule has 0 aromatic heterocycles. The molecular formula is C13H26. The molecule has 0 radical (unpaired) electrons. The highest BCUT2D eigenvalue weighted by Crippen LogP contribution is 2.40. The van der Waals surface area contributed by atoms with E-state index < -0.39 is 0 Å². The van der Waals surface area contributed by atoms with Gasteiger partial charge in [-0.3, -0.25) is 0 Å². The maximum Gasteiger partial charge on any atom is -0.0386 e. The average Bonchev–Trinajstić information content (AvgIpc) is 2.16. The molecule has 78 valence electrons. The van der Waals surface area contributed by atoms with Crippen molar-refractivity contribution in [1.29, 1.82) is 0 Å². The third-order valence-electron chi connectivity index (χ3n) is 4.17. The first-order chi connectivity index (χ1) is 6.19. The van der Waals surface area contributed by atoms with Crippen LogP contribution in [-0.4, -0.2) is 0 Å². The van der Waals surface area contributed by atoms with Crippen LogP contribution in [0.25, 0.3) is 0 Å². The zero-order valence-electron chi connectivity index (χ0n) is 9.84. The fraction of sp³-hybridized carbons (Fsp3) is 1.00. The number of hydrogen-bond acceptors (Lipinski definition) is 0. The van der Waals surface area contributed by atoms with Gasteiger partial charge in [0.05, 0.1) is 0 Å². The van der Waals surface area contributed by atoms with E-state index in [2.05, 4.69) is 27.7 Å². The van der Waals surface area contributed by atoms with Crippen LogP contribution in [0.5, 0.6) is 0 Å². The standard InChI is InChI=1S/C13H26/c1-5-11-7-8-13(10(3)4)9-12(11)6-2/h10-13H,5-9H2,1-4H3. The van der Waals surface area contributed by atoms with Gasteiger partial charge in [0.25, 0.3) is 0 Å². The van der Waals surface area contributed by atoms with Crippen molar-refractivity contribution in [3.05, 3.63) is 0 Å². The molecule has 1 rings (SSSR count). The maximum atomic E-state index is 2.39. The van der Waals surface area contributed by atoms with Gasteiger partial charge in [0.1, 0.15) is 0 Å². The molecule has 0 spiro atoms. The molecule has 3 unspecified atom stereocenters. The van der Waals surface area contributed by atoms with Crippen molar-refractivity contribution < 1.29 is 0 Å². The fourth-order valence-electron chi connectivity index (χ4n) is 3.01. The first-order valence-corrected chi connectivity index (χ1v) is 6.19. The van der Waals surface area contributed by atoms with Crippen molar-refractivity contribution in [2.24, 2.45) is 23.7 Å². The van der Waals surface area contributed by atoms with Crippen molar-refractivity contribution >= 4 is 0 Å². The van der Waals surface area contributed by atoms with E-state index in [1.165, 1.54) is 32.1 Å². The lowest BCUT2D eigenvalue weighted by Gasteiger charge is -2.37. The number of hydrogen-bond donors (Lipinski definition) is 0. The Kier molecular flexibility index (Phi) is 4.28. The third-order valence-corrected chi connectivity index (χ3v) is 4.17. The zero-order chi connectivity index (χ0) is 9.84. The second-order valence-electron chi connectivity index (χ2n) is 5.15. The van der Waals surface area contributed by atoms with Crippen molar-refractivity contribution in [3.8, 4) is 0 Å². The van der Waals surface area contributed by atoms with Gasteiger partial charge >= 0.3 is 0 Å². The van der Waals surface area contributed by atoms with Gasteiger partial charge < -0.3 is 0 Å². The highest BCUT2D eigenvalue weighted by atomic mass is 14.3. The molecule has 0 heteroatoms. The van der Waals surface area contributed by atoms with Gasteiger partial charge in [0, 0.05) is 0 Å². The summed E-state index contributed by atoms with van der Waals surface area (Å²) in [5, 5.41) is 0. The Balaban J connectivity index is 2.47. The molecule has 0 saturated heterocycles. The first kappa shape index (κ1) is 11.1. The molecule has 1 saturated carbocycles. The van der Waals surface area contributed by atoms with Crippen LogP contribution in [0, 0.1) is 23.7 Å². The summed E-state index contributed by atoms with van der Waals surface area (Å²) in [4.78, 5) is 0. The van der Waals surface area contributed by atoms with E-state index in [-0.39, 0.29) is 0 Å². The Hall–Kier alpha value is 0. The van der Waals surface area contributed by atoms with Crippen LogP contribution in [0.2, 0.25) is 0 Å². The predicted molar refractivity (Wildman–Crippen MR) is 59.7 cm³/mol. The summed E-state index contributed by atoms with van der Waals surface area (Å²) in [5.41, 5.74) is 0. The van der Waals surface area contributed by atoms with Crippen LogP contribution in [0.4, 0.5) is 0 Å². The van der Waals surface area contributed by atoms with Gasteiger partial charge in [-0.1, -0.05) is 40.5 Å². The maximum absolute atomic E-state index is 2.39. The molecule has 0 aromatic rings. The summed E-state index contributed by atoms with van der Waals surface area (Å²) < 4.78 is 0. The molecule has 1 fully saturated rings. The minimum Gasteiger partial charge on any atom is -0.0651 e. The van der Waals surface area contributed by atoms with E-state index in [1.807, 2.05) is 0 Å². The molecule has 0 heterocycles. The Morgan fingerprint density at radius 1 is 1.00 bits per heavy atom. The van der Waals surface area contributed by atoms with E-state index in [0.717, 1.165) is 23.7 Å². The largest absolute Gasteiger partial charge is 0.0651 e. The van der Waals surface area contributed by atoms with E-state index in [0.29, 0.717) is 0 Å². The molecule has 1 aliphatic rings. The summed E-state index contributed by atoms with van der Waals surface area (Å²) >= 11 is 0. The Morgan fingerprint density at radius 2 is 1.62 bits per heavy atom. The molecule has 1 aliphatic carbocycles. The van der Waals surface area contributed by atoms with Crippen LogP contribution in [0.3, 0.4) is 0 Å². The smallest absolute Gasteiger partial charge is 0.0386 e. The van der Waals surface area contributed by atoms with E-state index >= 15 is 0 Å². The molecule has 0 N–H and O–H groups in total. The average molecular weight is 182 g/mol. The minimum absolute atomic E-state index is 0.909. The number of rotatable bonds is 3. The monoisotopic (exact) mass is 182 g/mol. The van der Waals surface area contributed by atoms with E-state index in [9.17, 15) is 0 Å². The Labute approximate surface area is 84.1 Å². The molecule has 0 bridgehead atoms. The SMILES string of the molecule is CCC1CCC(C(C)C)CC1CC. The molecule has 0 aromatic carbocycles. The molecule has 0 aliphatic heterocycles. The quantitative estimate of drug-likeness (QED) is 0.603. The van der Waals surface area contributed by atoms with Gasteiger partial charge in [-0.2, -0.15) is 0 Å². The minimum atomic E-state index is 0.909. The zero-order valence-corrected chi connectivity index (χ0v) is 9.84. The summed E-state index contributed by atoms with van der Waals surface area (Å²) in [6.45, 7) is 9.52. The van der Waals surface area contributed by atoms with E-state index in [1.54, 1.807) is 0 Å². The van der Waals surface area contributed by atoms with Gasteiger partial charge in [0.15, 0.2) is 0 Å². The fourth-order valence-corrected chi connectivity index (χ4v) is 3.01. The van der Waals surface area contributed by atoms with Crippen molar-refractivity contribution in [3.63, 3.8) is 0 Å². The van der Waals surface area contributed by atoms with Crippen molar-refractivity contribution in [2.75, 3.05) is 0 Å². The predicted octanol–water partition coefficient (Wildman–Crippen LogP) is 4.49. The molecule has 0 nitrogen and oxygen atoms in total. The van der Waals surface area contributed by atoms with E-state index in [4.69, 9.17) is 0 Å². The highest BCUT2D eigenvalue weighted by Gasteiger charge is 2.29. The van der Waals surface area contributed by atoms with Crippen LogP contribution >= 0.6 is 0 Å². The Bertz CT molecular complexity index is 137. The second-order valence-corrected chi connectivity index (χ2v) is 5.15. The lowest BCUT2D eigenvalue weighted by molar-refractivity contribution is 0.140. The molecule has 13 heavy (non-hydrogen) atoms. The van der Waals surface area contributed by atoms with Crippen LogP contribution in [0.15, 0.2) is 0 Å². The Morgan fingerprint density at radius 3 is 2.08 bits per heavy atom. The third kappa shape index (κ3) is 2.72. The lowest BCUT2D eigenvalue weighted by Crippen LogP contribution is -2.26. The van der Waals surface area contributed by atoms with Crippen LogP contribution in [0.1, 0.15) is 59.8 Å². The summed E-state index contributed by atoms with van der Waals surface area (Å²) in [6.07, 6.45) is 7.31. The molecular weight excluding hydrogens is 156 g/mol. The first-order valence-electron chi connectivity index (χ1n) is 6.19. The van der Waals surface area contributed by atoms with Gasteiger partial charge in [-0.15, -0.1) is 0 Å². The molecule has 3 atom stereocenters. The second kappa shape index (κ2) is 5.02. The topological polar surface area (TPSA) is 0 Å². The van der Waals surface area contributed by atoms with Crippen LogP contribution in [-0.2, 0) is 0 Å². The van der Waals surface area contributed by atoms with Crippen molar-refractivity contribution in [1.82, 2.24) is 0 Å².